The summed E-state index contributed by atoms with van der Waals surface area (Å²) >= 11 is 0. The number of nitrogens with two attached hydrogens (primary N) is 1. The number of hydrogen-bond acceptors (Lipinski definition) is 3. The molecule has 102 valence electrons. The van der Waals surface area contributed by atoms with Crippen LogP contribution in [0.1, 0.15) is 39.7 Å². The van der Waals surface area contributed by atoms with Crippen LogP contribution in [0.25, 0.3) is 0 Å². The molecule has 0 aliphatic heterocycles. The number of hydrogen-bond donors (Lipinski definition) is 2. The van der Waals surface area contributed by atoms with Gasteiger partial charge in [0.2, 0.25) is 0 Å². The van der Waals surface area contributed by atoms with E-state index in [1.54, 1.807) is 0 Å². The fourth-order valence-electron chi connectivity index (χ4n) is 1.98. The predicted molar refractivity (Wildman–Crippen MR) is 74.5 cm³/mol. The molecule has 0 spiro atoms. The minimum Gasteiger partial charge on any atom is -0.488 e. The van der Waals surface area contributed by atoms with E-state index >= 15 is 0 Å². The Bertz CT molecular complexity index is 371. The number of aliphatic hydroxyl groups is 1. The van der Waals surface area contributed by atoms with Crippen molar-refractivity contribution >= 4 is 0 Å². The number of benzene rings is 1. The van der Waals surface area contributed by atoms with E-state index in [9.17, 15) is 0 Å². The first kappa shape index (κ1) is 15.0. The van der Waals surface area contributed by atoms with E-state index in [1.165, 1.54) is 0 Å². The van der Waals surface area contributed by atoms with Crippen molar-refractivity contribution in [3.05, 3.63) is 29.8 Å². The molecule has 0 bridgehead atoms. The molecule has 0 aliphatic carbocycles. The Morgan fingerprint density at radius 3 is 2.50 bits per heavy atom. The van der Waals surface area contributed by atoms with E-state index in [-0.39, 0.29) is 24.2 Å². The fourth-order valence-corrected chi connectivity index (χ4v) is 1.98. The van der Waals surface area contributed by atoms with Crippen molar-refractivity contribution in [2.24, 2.45) is 11.1 Å². The third-order valence-electron chi connectivity index (χ3n) is 3.06. The smallest absolute Gasteiger partial charge is 0.120 e. The topological polar surface area (TPSA) is 55.5 Å². The zero-order valence-corrected chi connectivity index (χ0v) is 11.8. The van der Waals surface area contributed by atoms with E-state index in [1.807, 2.05) is 24.3 Å². The van der Waals surface area contributed by atoms with Gasteiger partial charge in [-0.3, -0.25) is 0 Å². The minimum atomic E-state index is -0.0450. The van der Waals surface area contributed by atoms with Gasteiger partial charge in [-0.05, 0) is 24.1 Å². The van der Waals surface area contributed by atoms with Gasteiger partial charge in [0.25, 0.3) is 0 Å². The highest BCUT2D eigenvalue weighted by atomic mass is 16.5. The molecule has 0 heterocycles. The Balaban J connectivity index is 2.89. The first-order chi connectivity index (χ1) is 8.38. The summed E-state index contributed by atoms with van der Waals surface area (Å²) in [7, 11) is 0. The van der Waals surface area contributed by atoms with Crippen molar-refractivity contribution in [1.29, 1.82) is 0 Å². The van der Waals surface area contributed by atoms with Gasteiger partial charge >= 0.3 is 0 Å². The van der Waals surface area contributed by atoms with Crippen LogP contribution in [0.2, 0.25) is 0 Å². The molecule has 18 heavy (non-hydrogen) atoms. The molecule has 0 aliphatic rings. The highest BCUT2D eigenvalue weighted by Gasteiger charge is 2.31. The Labute approximate surface area is 110 Å². The summed E-state index contributed by atoms with van der Waals surface area (Å²) in [6, 6.07) is 7.53. The van der Waals surface area contributed by atoms with E-state index < -0.39 is 0 Å². The second-order valence-electron chi connectivity index (χ2n) is 5.78. The van der Waals surface area contributed by atoms with Crippen LogP contribution in [-0.2, 0) is 6.61 Å². The molecule has 2 atom stereocenters. The standard InChI is InChI=1S/C15H25NO2/c1-5-13(16)14(15(2,3)4)18-12-8-6-7-11(9-12)10-17/h6-9,13-14,17H,5,10,16H2,1-4H3. The molecule has 0 saturated heterocycles. The first-order valence-corrected chi connectivity index (χ1v) is 6.50. The van der Waals surface area contributed by atoms with Crippen molar-refractivity contribution < 1.29 is 9.84 Å². The Morgan fingerprint density at radius 2 is 2.00 bits per heavy atom. The molecular weight excluding hydrogens is 226 g/mol. The monoisotopic (exact) mass is 251 g/mol. The molecule has 2 unspecified atom stereocenters. The Morgan fingerprint density at radius 1 is 1.33 bits per heavy atom. The maximum Gasteiger partial charge on any atom is 0.120 e. The summed E-state index contributed by atoms with van der Waals surface area (Å²) in [5.41, 5.74) is 6.98. The van der Waals surface area contributed by atoms with Gasteiger partial charge in [-0.1, -0.05) is 39.8 Å². The van der Waals surface area contributed by atoms with Gasteiger partial charge in [-0.15, -0.1) is 0 Å². The van der Waals surface area contributed by atoms with E-state index in [0.29, 0.717) is 0 Å². The largest absolute Gasteiger partial charge is 0.488 e. The van der Waals surface area contributed by atoms with Crippen molar-refractivity contribution in [2.45, 2.75) is 52.9 Å². The number of rotatable bonds is 5. The molecule has 0 radical (unpaired) electrons. The fraction of sp³-hybridized carbons (Fsp3) is 0.600. The molecule has 3 nitrogen and oxygen atoms in total. The van der Waals surface area contributed by atoms with Gasteiger partial charge in [0.1, 0.15) is 11.9 Å². The van der Waals surface area contributed by atoms with Crippen molar-refractivity contribution in [3.8, 4) is 5.75 Å². The Kier molecular flexibility index (Phi) is 5.17. The van der Waals surface area contributed by atoms with E-state index in [2.05, 4.69) is 27.7 Å². The molecule has 3 N–H and O–H groups in total. The van der Waals surface area contributed by atoms with Crippen LogP contribution in [0.5, 0.6) is 5.75 Å². The van der Waals surface area contributed by atoms with Crippen LogP contribution in [-0.4, -0.2) is 17.3 Å². The molecular formula is C15H25NO2. The van der Waals surface area contributed by atoms with Gasteiger partial charge in [0, 0.05) is 11.5 Å². The summed E-state index contributed by atoms with van der Waals surface area (Å²) in [5, 5.41) is 9.13. The normalized spacial score (nSPS) is 15.2. The zero-order chi connectivity index (χ0) is 13.8. The van der Waals surface area contributed by atoms with Crippen LogP contribution >= 0.6 is 0 Å². The van der Waals surface area contributed by atoms with Gasteiger partial charge in [-0.2, -0.15) is 0 Å². The van der Waals surface area contributed by atoms with Crippen molar-refractivity contribution in [2.75, 3.05) is 0 Å². The summed E-state index contributed by atoms with van der Waals surface area (Å²) in [4.78, 5) is 0. The van der Waals surface area contributed by atoms with E-state index in [0.717, 1.165) is 17.7 Å². The number of aliphatic hydroxyl groups excluding tert-OH is 1. The third kappa shape index (κ3) is 4.00. The quantitative estimate of drug-likeness (QED) is 0.846. The average molecular weight is 251 g/mol. The van der Waals surface area contributed by atoms with Gasteiger partial charge in [0.05, 0.1) is 6.61 Å². The van der Waals surface area contributed by atoms with Gasteiger partial charge in [0.15, 0.2) is 0 Å². The highest BCUT2D eigenvalue weighted by Crippen LogP contribution is 2.28. The maximum atomic E-state index is 9.13. The molecule has 1 rings (SSSR count). The lowest BCUT2D eigenvalue weighted by molar-refractivity contribution is 0.0620. The lowest BCUT2D eigenvalue weighted by Gasteiger charge is -2.35. The van der Waals surface area contributed by atoms with Crippen LogP contribution < -0.4 is 10.5 Å². The third-order valence-corrected chi connectivity index (χ3v) is 3.06. The van der Waals surface area contributed by atoms with Crippen LogP contribution in [0.3, 0.4) is 0 Å². The molecule has 0 aromatic heterocycles. The van der Waals surface area contributed by atoms with Gasteiger partial charge < -0.3 is 15.6 Å². The van der Waals surface area contributed by atoms with Crippen LogP contribution in [0.4, 0.5) is 0 Å². The SMILES string of the molecule is CCC(N)C(Oc1cccc(CO)c1)C(C)(C)C. The van der Waals surface area contributed by atoms with Crippen LogP contribution in [0, 0.1) is 5.41 Å². The predicted octanol–water partition coefficient (Wildman–Crippen LogP) is 2.71. The van der Waals surface area contributed by atoms with Gasteiger partial charge in [-0.25, -0.2) is 0 Å². The zero-order valence-electron chi connectivity index (χ0n) is 11.8. The molecule has 3 heteroatoms. The first-order valence-electron chi connectivity index (χ1n) is 6.50. The second-order valence-corrected chi connectivity index (χ2v) is 5.78. The maximum absolute atomic E-state index is 9.13. The average Bonchev–Trinajstić information content (AvgIpc) is 2.34. The lowest BCUT2D eigenvalue weighted by atomic mass is 9.84. The lowest BCUT2D eigenvalue weighted by Crippen LogP contribution is -2.47. The summed E-state index contributed by atoms with van der Waals surface area (Å²) in [6.07, 6.45) is 0.832. The minimum absolute atomic E-state index is 0.00258. The summed E-state index contributed by atoms with van der Waals surface area (Å²) < 4.78 is 6.04. The summed E-state index contributed by atoms with van der Waals surface area (Å²) in [5.74, 6) is 0.769. The molecule has 0 saturated carbocycles. The van der Waals surface area contributed by atoms with Crippen molar-refractivity contribution in [3.63, 3.8) is 0 Å². The van der Waals surface area contributed by atoms with Crippen molar-refractivity contribution in [1.82, 2.24) is 0 Å². The highest BCUT2D eigenvalue weighted by molar-refractivity contribution is 5.28. The molecule has 1 aromatic rings. The second kappa shape index (κ2) is 6.21. The number of ether oxygens (including phenoxy) is 1. The molecule has 1 aromatic carbocycles. The van der Waals surface area contributed by atoms with Crippen LogP contribution in [0.15, 0.2) is 24.3 Å². The molecule has 0 fully saturated rings. The van der Waals surface area contributed by atoms with E-state index in [4.69, 9.17) is 15.6 Å². The summed E-state index contributed by atoms with van der Waals surface area (Å²) in [6.45, 7) is 8.48. The Hall–Kier alpha value is -1.06. The molecule has 0 amide bonds.